The zero-order valence-electron chi connectivity index (χ0n) is 12.6. The largest absolute Gasteiger partial charge is 0.359 e. The van der Waals surface area contributed by atoms with Gasteiger partial charge in [-0.1, -0.05) is 24.3 Å². The summed E-state index contributed by atoms with van der Waals surface area (Å²) in [6.45, 7) is 2.40. The molecule has 1 heterocycles. The van der Waals surface area contributed by atoms with Gasteiger partial charge in [-0.15, -0.1) is 0 Å². The zero-order chi connectivity index (χ0) is 15.5. The Bertz CT molecular complexity index is 686. The third kappa shape index (κ3) is 3.11. The first-order chi connectivity index (χ1) is 10.6. The van der Waals surface area contributed by atoms with E-state index in [0.29, 0.717) is 11.7 Å². The number of hydrogen-bond donors (Lipinski definition) is 1. The number of rotatable bonds is 3. The highest BCUT2D eigenvalue weighted by atomic mass is 19.1. The zero-order valence-corrected chi connectivity index (χ0v) is 12.6. The summed E-state index contributed by atoms with van der Waals surface area (Å²) in [6.07, 6.45) is 2.07. The molecule has 0 unspecified atom stereocenters. The molecule has 0 radical (unpaired) electrons. The van der Waals surface area contributed by atoms with Crippen LogP contribution in [0.25, 0.3) is 0 Å². The predicted molar refractivity (Wildman–Crippen MR) is 86.6 cm³/mol. The first-order valence-electron chi connectivity index (χ1n) is 7.53. The summed E-state index contributed by atoms with van der Waals surface area (Å²) < 4.78 is 13.2. The number of anilines is 2. The maximum atomic E-state index is 13.2. The molecule has 0 fully saturated rings. The molecule has 114 valence electrons. The highest BCUT2D eigenvalue weighted by Crippen LogP contribution is 2.30. The van der Waals surface area contributed by atoms with E-state index in [2.05, 4.69) is 29.3 Å². The summed E-state index contributed by atoms with van der Waals surface area (Å²) in [5, 5.41) is 2.76. The standard InChI is InChI=1S/C18H19FN2O/c1-13-9-10-14-5-2-3-8-17(14)21(13)12-18(22)20-16-7-4-6-15(19)11-16/h2-8,11,13H,9-10,12H2,1H3,(H,20,22)/t13-/m0/s1. The van der Waals surface area contributed by atoms with Gasteiger partial charge in [-0.05, 0) is 49.6 Å². The molecule has 3 nitrogen and oxygen atoms in total. The van der Waals surface area contributed by atoms with E-state index in [0.717, 1.165) is 18.5 Å². The van der Waals surface area contributed by atoms with Crippen molar-refractivity contribution in [3.63, 3.8) is 0 Å². The van der Waals surface area contributed by atoms with Crippen molar-refractivity contribution >= 4 is 17.3 Å². The van der Waals surface area contributed by atoms with Gasteiger partial charge in [-0.3, -0.25) is 4.79 Å². The van der Waals surface area contributed by atoms with Crippen LogP contribution in [0.15, 0.2) is 48.5 Å². The molecular formula is C18H19FN2O. The van der Waals surface area contributed by atoms with Crippen LogP contribution >= 0.6 is 0 Å². The molecule has 1 aliphatic rings. The quantitative estimate of drug-likeness (QED) is 0.939. The van der Waals surface area contributed by atoms with Gasteiger partial charge < -0.3 is 10.2 Å². The van der Waals surface area contributed by atoms with Gasteiger partial charge in [0.2, 0.25) is 5.91 Å². The number of para-hydroxylation sites is 1. The summed E-state index contributed by atoms with van der Waals surface area (Å²) in [6, 6.07) is 14.5. The summed E-state index contributed by atoms with van der Waals surface area (Å²) in [7, 11) is 0. The highest BCUT2D eigenvalue weighted by molar-refractivity contribution is 5.94. The van der Waals surface area contributed by atoms with Crippen molar-refractivity contribution in [2.45, 2.75) is 25.8 Å². The van der Waals surface area contributed by atoms with Crippen molar-refractivity contribution in [2.75, 3.05) is 16.8 Å². The summed E-state index contributed by atoms with van der Waals surface area (Å²) in [5.41, 5.74) is 2.89. The van der Waals surface area contributed by atoms with Crippen LogP contribution in [0.4, 0.5) is 15.8 Å². The Kier molecular flexibility index (Phi) is 4.09. The molecule has 1 atom stereocenters. The van der Waals surface area contributed by atoms with Crippen LogP contribution < -0.4 is 10.2 Å². The van der Waals surface area contributed by atoms with Gasteiger partial charge in [0.25, 0.3) is 0 Å². The Hall–Kier alpha value is -2.36. The minimum absolute atomic E-state index is 0.130. The fourth-order valence-electron chi connectivity index (χ4n) is 2.92. The molecule has 2 aromatic carbocycles. The fraction of sp³-hybridized carbons (Fsp3) is 0.278. The van der Waals surface area contributed by atoms with Gasteiger partial charge in [-0.2, -0.15) is 0 Å². The monoisotopic (exact) mass is 298 g/mol. The van der Waals surface area contributed by atoms with E-state index < -0.39 is 0 Å². The number of amides is 1. The minimum Gasteiger partial charge on any atom is -0.359 e. The number of fused-ring (bicyclic) bond motifs is 1. The summed E-state index contributed by atoms with van der Waals surface area (Å²) >= 11 is 0. The van der Waals surface area contributed by atoms with Crippen molar-refractivity contribution in [3.05, 3.63) is 59.9 Å². The van der Waals surface area contributed by atoms with Crippen molar-refractivity contribution in [1.82, 2.24) is 0 Å². The van der Waals surface area contributed by atoms with Crippen LogP contribution in [-0.2, 0) is 11.2 Å². The third-order valence-corrected chi connectivity index (χ3v) is 4.09. The maximum absolute atomic E-state index is 13.2. The Morgan fingerprint density at radius 3 is 2.91 bits per heavy atom. The summed E-state index contributed by atoms with van der Waals surface area (Å²) in [5.74, 6) is -0.483. The molecule has 22 heavy (non-hydrogen) atoms. The van der Waals surface area contributed by atoms with Crippen LogP contribution in [0.3, 0.4) is 0 Å². The van der Waals surface area contributed by atoms with Gasteiger partial charge in [0.15, 0.2) is 0 Å². The second kappa shape index (κ2) is 6.18. The van der Waals surface area contributed by atoms with Crippen molar-refractivity contribution < 1.29 is 9.18 Å². The SMILES string of the molecule is C[C@H]1CCc2ccccc2N1CC(=O)Nc1cccc(F)c1. The average Bonchev–Trinajstić information content (AvgIpc) is 2.50. The molecule has 1 N–H and O–H groups in total. The van der Waals surface area contributed by atoms with E-state index in [4.69, 9.17) is 0 Å². The number of aryl methyl sites for hydroxylation is 1. The van der Waals surface area contributed by atoms with Gasteiger partial charge in [0, 0.05) is 17.4 Å². The number of benzene rings is 2. The number of halogens is 1. The van der Waals surface area contributed by atoms with Gasteiger partial charge >= 0.3 is 0 Å². The molecule has 0 bridgehead atoms. The van der Waals surface area contributed by atoms with Gasteiger partial charge in [0.1, 0.15) is 5.82 Å². The highest BCUT2D eigenvalue weighted by Gasteiger charge is 2.24. The van der Waals surface area contributed by atoms with Gasteiger partial charge in [0.05, 0.1) is 6.54 Å². The molecule has 1 amide bonds. The molecule has 0 aromatic heterocycles. The fourth-order valence-corrected chi connectivity index (χ4v) is 2.92. The van der Waals surface area contributed by atoms with E-state index in [9.17, 15) is 9.18 Å². The van der Waals surface area contributed by atoms with E-state index in [1.807, 2.05) is 12.1 Å². The number of carbonyl (C=O) groups excluding carboxylic acids is 1. The minimum atomic E-state index is -0.352. The molecule has 3 rings (SSSR count). The summed E-state index contributed by atoms with van der Waals surface area (Å²) in [4.78, 5) is 14.4. The van der Waals surface area contributed by atoms with Crippen LogP contribution in [0.5, 0.6) is 0 Å². The van der Waals surface area contributed by atoms with Crippen LogP contribution in [0, 0.1) is 5.82 Å². The molecule has 0 aliphatic carbocycles. The smallest absolute Gasteiger partial charge is 0.243 e. The van der Waals surface area contributed by atoms with Crippen LogP contribution in [0.1, 0.15) is 18.9 Å². The Morgan fingerprint density at radius 1 is 1.27 bits per heavy atom. The van der Waals surface area contributed by atoms with Crippen molar-refractivity contribution in [3.8, 4) is 0 Å². The van der Waals surface area contributed by atoms with E-state index in [1.165, 1.54) is 17.7 Å². The molecule has 2 aromatic rings. The average molecular weight is 298 g/mol. The first-order valence-corrected chi connectivity index (χ1v) is 7.53. The topological polar surface area (TPSA) is 32.3 Å². The lowest BCUT2D eigenvalue weighted by Crippen LogP contribution is -2.42. The number of hydrogen-bond acceptors (Lipinski definition) is 2. The van der Waals surface area contributed by atoms with Crippen LogP contribution in [0.2, 0.25) is 0 Å². The normalized spacial score (nSPS) is 17.0. The second-order valence-corrected chi connectivity index (χ2v) is 5.70. The van der Waals surface area contributed by atoms with Crippen LogP contribution in [-0.4, -0.2) is 18.5 Å². The van der Waals surface area contributed by atoms with E-state index >= 15 is 0 Å². The Labute approximate surface area is 129 Å². The van der Waals surface area contributed by atoms with E-state index in [-0.39, 0.29) is 18.3 Å². The molecule has 0 spiro atoms. The number of carbonyl (C=O) groups is 1. The second-order valence-electron chi connectivity index (χ2n) is 5.70. The molecular weight excluding hydrogens is 279 g/mol. The molecule has 1 aliphatic heterocycles. The predicted octanol–water partition coefficient (Wildman–Crippen LogP) is 3.61. The number of nitrogens with zero attached hydrogens (tertiary/aromatic N) is 1. The first kappa shape index (κ1) is 14.6. The Balaban J connectivity index is 1.73. The molecule has 0 saturated heterocycles. The lowest BCUT2D eigenvalue weighted by Gasteiger charge is -2.36. The molecule has 4 heteroatoms. The third-order valence-electron chi connectivity index (χ3n) is 4.09. The number of nitrogens with one attached hydrogen (secondary N) is 1. The Morgan fingerprint density at radius 2 is 2.09 bits per heavy atom. The van der Waals surface area contributed by atoms with Crippen molar-refractivity contribution in [2.24, 2.45) is 0 Å². The molecule has 0 saturated carbocycles. The maximum Gasteiger partial charge on any atom is 0.243 e. The van der Waals surface area contributed by atoms with Gasteiger partial charge in [-0.25, -0.2) is 4.39 Å². The van der Waals surface area contributed by atoms with E-state index in [1.54, 1.807) is 12.1 Å². The van der Waals surface area contributed by atoms with Crippen molar-refractivity contribution in [1.29, 1.82) is 0 Å². The lowest BCUT2D eigenvalue weighted by atomic mass is 9.96. The lowest BCUT2D eigenvalue weighted by molar-refractivity contribution is -0.115.